The molecule has 0 aromatic carbocycles. The first-order valence-electron chi connectivity index (χ1n) is 34.9. The third-order valence-electron chi connectivity index (χ3n) is 16.5. The van der Waals surface area contributed by atoms with Crippen LogP contribution < -0.4 is 10.6 Å². The molecule has 0 spiro atoms. The molecule has 2 heterocycles. The number of hydrogen-bond acceptors (Lipinski definition) is 19. The van der Waals surface area contributed by atoms with Gasteiger partial charge < -0.3 is 74.0 Å². The fourth-order valence-corrected chi connectivity index (χ4v) is 12.1. The summed E-state index contributed by atoms with van der Waals surface area (Å²) >= 11 is 0. The molecule has 2 rings (SSSR count). The van der Waals surface area contributed by atoms with E-state index >= 15 is 0 Å². The summed E-state index contributed by atoms with van der Waals surface area (Å²) in [4.78, 5) is 101. The van der Waals surface area contributed by atoms with Crippen LogP contribution in [0.2, 0.25) is 0 Å². The Morgan fingerprint density at radius 1 is 0.444 bits per heavy atom. The second-order valence-corrected chi connectivity index (χ2v) is 26.0. The average Bonchev–Trinajstić information content (AvgIpc) is 0.999. The van der Waals surface area contributed by atoms with E-state index in [0.29, 0.717) is 51.4 Å². The molecule has 10 unspecified atom stereocenters. The molecular formula is C66H121N2O21P. The number of aliphatic hydroxyl groups excluding tert-OH is 4. The van der Waals surface area contributed by atoms with Crippen LogP contribution >= 0.6 is 7.82 Å². The lowest BCUT2D eigenvalue weighted by atomic mass is 9.95. The van der Waals surface area contributed by atoms with Crippen molar-refractivity contribution in [2.75, 3.05) is 13.2 Å². The first kappa shape index (κ1) is 82.7. The molecule has 2 fully saturated rings. The van der Waals surface area contributed by atoms with Gasteiger partial charge in [0, 0.05) is 19.3 Å². The average molecular weight is 1310 g/mol. The first-order valence-corrected chi connectivity index (χ1v) is 36.4. The fraction of sp³-hybridized carbons (Fsp3) is 0.909. The minimum atomic E-state index is -5.54. The molecule has 8 N–H and O–H groups in total. The molecule has 0 saturated carbocycles. The van der Waals surface area contributed by atoms with Gasteiger partial charge in [-0.2, -0.15) is 0 Å². The Bertz CT molecular complexity index is 1980. The number of phosphoric ester groups is 1. The Labute approximate surface area is 538 Å². The third kappa shape index (κ3) is 36.9. The van der Waals surface area contributed by atoms with Crippen molar-refractivity contribution >= 4 is 43.5 Å². The molecule has 2 aliphatic heterocycles. The van der Waals surface area contributed by atoms with E-state index in [4.69, 9.17) is 37.7 Å². The molecule has 0 aliphatic carbocycles. The van der Waals surface area contributed by atoms with Gasteiger partial charge in [-0.15, -0.1) is 0 Å². The van der Waals surface area contributed by atoms with Crippen LogP contribution in [-0.4, -0.2) is 159 Å². The highest BCUT2D eigenvalue weighted by atomic mass is 31.2. The highest BCUT2D eigenvalue weighted by Gasteiger charge is 2.53. The van der Waals surface area contributed by atoms with Crippen LogP contribution in [0.25, 0.3) is 0 Å². The molecule has 0 aromatic heterocycles. The molecule has 24 heteroatoms. The molecule has 90 heavy (non-hydrogen) atoms. The van der Waals surface area contributed by atoms with Crippen LogP contribution in [-0.2, 0) is 71.0 Å². The minimum Gasteiger partial charge on any atom is -0.462 e. The molecule has 526 valence electrons. The van der Waals surface area contributed by atoms with E-state index in [1.54, 1.807) is 13.8 Å². The van der Waals surface area contributed by atoms with E-state index in [9.17, 15) is 63.5 Å². The number of nitrogens with one attached hydrogen (secondary N) is 2. The maximum absolute atomic E-state index is 14.5. The summed E-state index contributed by atoms with van der Waals surface area (Å²) in [6.45, 7) is 10.1. The van der Waals surface area contributed by atoms with E-state index < -0.39 is 149 Å². The molecule has 23 nitrogen and oxygen atoms in total. The smallest absolute Gasteiger partial charge is 0.462 e. The molecular weight excluding hydrogens is 1190 g/mol. The number of phosphoric acid groups is 1. The highest BCUT2D eigenvalue weighted by molar-refractivity contribution is 7.46. The lowest BCUT2D eigenvalue weighted by Gasteiger charge is -2.46. The zero-order valence-corrected chi connectivity index (χ0v) is 56.6. The number of amides is 2. The van der Waals surface area contributed by atoms with Gasteiger partial charge >= 0.3 is 31.7 Å². The first-order chi connectivity index (χ1) is 43.2. The second-order valence-electron chi connectivity index (χ2n) is 24.9. The van der Waals surface area contributed by atoms with E-state index in [1.165, 1.54) is 51.4 Å². The van der Waals surface area contributed by atoms with Gasteiger partial charge in [-0.1, -0.05) is 196 Å². The number of ether oxygens (including phenoxy) is 7. The quantitative estimate of drug-likeness (QED) is 0.0121. The van der Waals surface area contributed by atoms with Crippen LogP contribution in [0, 0.1) is 0 Å². The van der Waals surface area contributed by atoms with E-state index in [-0.39, 0.29) is 32.1 Å². The van der Waals surface area contributed by atoms with Crippen LogP contribution in [0.5, 0.6) is 0 Å². The summed E-state index contributed by atoms with van der Waals surface area (Å²) < 4.78 is 59.2. The number of esters is 4. The monoisotopic (exact) mass is 1310 g/mol. The van der Waals surface area contributed by atoms with Crippen molar-refractivity contribution in [2.24, 2.45) is 0 Å². The summed E-state index contributed by atoms with van der Waals surface area (Å²) in [5.74, 6) is -4.10. The maximum atomic E-state index is 14.5. The molecule has 0 bridgehead atoms. The van der Waals surface area contributed by atoms with Crippen LogP contribution in [0.1, 0.15) is 292 Å². The van der Waals surface area contributed by atoms with Gasteiger partial charge in [0.1, 0.15) is 60.9 Å². The number of unbranched alkanes of at least 4 members (excludes halogenated alkanes) is 24. The normalized spacial score (nSPS) is 22.9. The molecule has 0 aromatic rings. The zero-order chi connectivity index (χ0) is 66.5. The Morgan fingerprint density at radius 2 is 0.811 bits per heavy atom. The largest absolute Gasteiger partial charge is 0.470 e. The van der Waals surface area contributed by atoms with Crippen molar-refractivity contribution in [2.45, 2.75) is 372 Å². The number of rotatable bonds is 54. The fourth-order valence-electron chi connectivity index (χ4n) is 11.5. The van der Waals surface area contributed by atoms with Crippen molar-refractivity contribution in [1.29, 1.82) is 0 Å². The minimum absolute atomic E-state index is 0.0705. The lowest BCUT2D eigenvalue weighted by Crippen LogP contribution is -2.67. The van der Waals surface area contributed by atoms with E-state index in [1.807, 2.05) is 6.92 Å². The number of aliphatic hydroxyl groups is 4. The number of hydrogen-bond donors (Lipinski definition) is 8. The molecule has 0 radical (unpaired) electrons. The molecule has 2 saturated heterocycles. The summed E-state index contributed by atoms with van der Waals surface area (Å²) in [6.07, 6.45) is 11.6. The Balaban J connectivity index is 2.49. The summed E-state index contributed by atoms with van der Waals surface area (Å²) in [5.41, 5.74) is 0. The van der Waals surface area contributed by atoms with Crippen molar-refractivity contribution in [3.05, 3.63) is 0 Å². The predicted molar refractivity (Wildman–Crippen MR) is 339 cm³/mol. The van der Waals surface area contributed by atoms with Gasteiger partial charge in [0.05, 0.1) is 32.5 Å². The maximum Gasteiger partial charge on any atom is 0.470 e. The van der Waals surface area contributed by atoms with Gasteiger partial charge in [0.2, 0.25) is 11.8 Å². The topological polar surface area (TPSA) is 339 Å². The van der Waals surface area contributed by atoms with Crippen molar-refractivity contribution in [1.82, 2.24) is 10.6 Å². The Hall–Kier alpha value is -3.35. The SMILES string of the molecule is CCCCCCCCCCC[C@H](CC(=O)NC1C(O)OC(COC2OC(CO)C(OP(=O)(O)O)C(OC(=O)C[C@@H](CCCCCCCCCCC)OC(=O)CCC)C2NC(=O)C[C@@H](CCCCCCCCCCC)OC(=O)CCC)C(O)C1O)OC(=O)CCC. The van der Waals surface area contributed by atoms with E-state index in [0.717, 1.165) is 103 Å². The highest BCUT2D eigenvalue weighted by Crippen LogP contribution is 2.42. The van der Waals surface area contributed by atoms with Crippen LogP contribution in [0.4, 0.5) is 0 Å². The van der Waals surface area contributed by atoms with Gasteiger partial charge in [0.25, 0.3) is 0 Å². The van der Waals surface area contributed by atoms with Gasteiger partial charge in [0.15, 0.2) is 18.7 Å². The zero-order valence-electron chi connectivity index (χ0n) is 55.8. The van der Waals surface area contributed by atoms with Gasteiger partial charge in [-0.25, -0.2) is 4.57 Å². The van der Waals surface area contributed by atoms with Gasteiger partial charge in [-0.05, 0) is 57.8 Å². The molecule has 2 aliphatic rings. The lowest BCUT2D eigenvalue weighted by molar-refractivity contribution is -0.297. The van der Waals surface area contributed by atoms with Crippen molar-refractivity contribution in [3.8, 4) is 0 Å². The van der Waals surface area contributed by atoms with E-state index in [2.05, 4.69) is 31.4 Å². The standard InChI is InChI=1S/C66H121N2O21P/c1-7-13-16-19-22-25-28-31-34-40-48(83-55(72)37-10-4)43-53(70)67-59-62(77)61(76)52(86-65(59)78)47-82-66-60(68-54(71)44-49(84-56(73)38-11-5)41-35-32-29-26-23-20-17-14-8-2)64(63(51(46-69)87-66)89-90(79,80)81)88-58(75)45-50(85-57(74)39-12-6)42-36-33-30-27-24-21-18-15-9-3/h48-52,59-66,69,76-78H,7-47H2,1-6H3,(H,67,70)(H,68,71)(H2,79,80,81)/t48-,49-,50-,51?,52?,59?,60?,61?,62?,63?,64?,65?,66?/m1/s1. The third-order valence-corrected chi connectivity index (χ3v) is 17.0. The summed E-state index contributed by atoms with van der Waals surface area (Å²) in [7, 11) is -5.54. The summed E-state index contributed by atoms with van der Waals surface area (Å²) in [6, 6.07) is -3.36. The second kappa shape index (κ2) is 50.1. The molecule has 13 atom stereocenters. The number of carbonyl (C=O) groups excluding carboxylic acids is 6. The van der Waals surface area contributed by atoms with Gasteiger partial charge in [-0.3, -0.25) is 33.3 Å². The number of carbonyl (C=O) groups is 6. The Morgan fingerprint density at radius 3 is 1.18 bits per heavy atom. The molecule has 2 amide bonds. The van der Waals surface area contributed by atoms with Crippen molar-refractivity contribution < 1.29 is 101 Å². The summed E-state index contributed by atoms with van der Waals surface area (Å²) in [5, 5.41) is 50.3. The Kier molecular flexibility index (Phi) is 46.1. The van der Waals surface area contributed by atoms with Crippen LogP contribution in [0.15, 0.2) is 0 Å². The predicted octanol–water partition coefficient (Wildman–Crippen LogP) is 10.6. The van der Waals surface area contributed by atoms with Crippen LogP contribution in [0.3, 0.4) is 0 Å². The van der Waals surface area contributed by atoms with Crippen molar-refractivity contribution in [3.63, 3.8) is 0 Å².